The third-order valence-electron chi connectivity index (χ3n) is 8.28. The molecule has 47 heavy (non-hydrogen) atoms. The first-order valence-electron chi connectivity index (χ1n) is 15.5. The zero-order chi connectivity index (χ0) is 33.4. The molecule has 0 aliphatic heterocycles. The molecule has 246 valence electrons. The maximum absolute atomic E-state index is 14.7. The van der Waals surface area contributed by atoms with Gasteiger partial charge in [0.2, 0.25) is 11.8 Å². The summed E-state index contributed by atoms with van der Waals surface area (Å²) < 4.78 is 30.2. The lowest BCUT2D eigenvalue weighted by Gasteiger charge is -2.35. The van der Waals surface area contributed by atoms with Crippen molar-refractivity contribution in [3.05, 3.63) is 129 Å². The molecule has 4 aromatic carbocycles. The molecule has 1 saturated carbocycles. The summed E-state index contributed by atoms with van der Waals surface area (Å²) in [5.74, 6) is -0.840. The normalized spacial score (nSPS) is 14.3. The van der Waals surface area contributed by atoms with E-state index in [1.807, 2.05) is 54.6 Å². The van der Waals surface area contributed by atoms with Crippen LogP contribution in [0.25, 0.3) is 0 Å². The van der Waals surface area contributed by atoms with Gasteiger partial charge in [-0.3, -0.25) is 13.9 Å². The van der Waals surface area contributed by atoms with Crippen LogP contribution in [0.1, 0.15) is 43.2 Å². The minimum Gasteiger partial charge on any atom is -0.352 e. The molecule has 5 rings (SSSR count). The second kappa shape index (κ2) is 16.2. The summed E-state index contributed by atoms with van der Waals surface area (Å²) in [5, 5.41) is 3.58. The van der Waals surface area contributed by atoms with E-state index in [4.69, 9.17) is 23.2 Å². The second-order valence-electron chi connectivity index (χ2n) is 11.6. The Labute approximate surface area is 295 Å². The minimum atomic E-state index is -4.29. The Balaban J connectivity index is 1.58. The predicted molar refractivity (Wildman–Crippen MR) is 191 cm³/mol. The highest BCUT2D eigenvalue weighted by molar-refractivity contribution is 9.10. The van der Waals surface area contributed by atoms with Crippen molar-refractivity contribution in [1.29, 1.82) is 0 Å². The smallest absolute Gasteiger partial charge is 0.264 e. The number of nitrogens with one attached hydrogen (secondary N) is 1. The first-order chi connectivity index (χ1) is 22.6. The molecule has 0 spiro atoms. The summed E-state index contributed by atoms with van der Waals surface area (Å²) in [7, 11) is -4.29. The molecule has 1 N–H and O–H groups in total. The molecule has 1 aliphatic carbocycles. The molecule has 1 aliphatic rings. The SMILES string of the molecule is O=C(NC1CCCCC1)C(Cc1ccccc1)N(Cc1ccc(Br)cc1)C(=O)CN(c1cc(Cl)ccc1Cl)S(=O)(=O)c1ccccc1. The highest BCUT2D eigenvalue weighted by Gasteiger charge is 2.36. The lowest BCUT2D eigenvalue weighted by Crippen LogP contribution is -2.55. The number of nitrogens with zero attached hydrogens (tertiary/aromatic N) is 2. The average molecular weight is 758 g/mol. The molecule has 1 fully saturated rings. The van der Waals surface area contributed by atoms with E-state index < -0.39 is 28.5 Å². The van der Waals surface area contributed by atoms with Crippen molar-refractivity contribution in [1.82, 2.24) is 10.2 Å². The number of hydrogen-bond donors (Lipinski definition) is 1. The summed E-state index contributed by atoms with van der Waals surface area (Å²) in [4.78, 5) is 30.3. The van der Waals surface area contributed by atoms with E-state index in [-0.39, 0.29) is 45.5 Å². The Morgan fingerprint density at radius 1 is 0.830 bits per heavy atom. The lowest BCUT2D eigenvalue weighted by molar-refractivity contribution is -0.140. The number of halogens is 3. The van der Waals surface area contributed by atoms with Crippen molar-refractivity contribution in [2.45, 2.75) is 62.0 Å². The van der Waals surface area contributed by atoms with Gasteiger partial charge in [-0.1, -0.05) is 119 Å². The van der Waals surface area contributed by atoms with Gasteiger partial charge in [0, 0.05) is 28.5 Å². The first-order valence-corrected chi connectivity index (χ1v) is 18.5. The summed E-state index contributed by atoms with van der Waals surface area (Å²) in [6.07, 6.45) is 5.18. The molecular formula is C36H36BrCl2N3O4S. The molecule has 0 saturated heterocycles. The van der Waals surface area contributed by atoms with E-state index in [0.717, 1.165) is 52.0 Å². The monoisotopic (exact) mass is 755 g/mol. The van der Waals surface area contributed by atoms with Crippen molar-refractivity contribution in [3.8, 4) is 0 Å². The van der Waals surface area contributed by atoms with Crippen LogP contribution >= 0.6 is 39.1 Å². The van der Waals surface area contributed by atoms with Crippen molar-refractivity contribution < 1.29 is 18.0 Å². The topological polar surface area (TPSA) is 86.8 Å². The van der Waals surface area contributed by atoms with E-state index in [1.54, 1.807) is 24.3 Å². The number of rotatable bonds is 12. The van der Waals surface area contributed by atoms with E-state index in [1.165, 1.54) is 29.2 Å². The summed E-state index contributed by atoms with van der Waals surface area (Å²) in [6.45, 7) is -0.542. The summed E-state index contributed by atoms with van der Waals surface area (Å²) in [5.41, 5.74) is 1.71. The molecule has 0 aromatic heterocycles. The number of carbonyl (C=O) groups excluding carboxylic acids is 2. The van der Waals surface area contributed by atoms with Crippen molar-refractivity contribution in [3.63, 3.8) is 0 Å². The van der Waals surface area contributed by atoms with Crippen molar-refractivity contribution in [2.24, 2.45) is 0 Å². The fourth-order valence-electron chi connectivity index (χ4n) is 5.79. The van der Waals surface area contributed by atoms with Gasteiger partial charge in [-0.15, -0.1) is 0 Å². The van der Waals surface area contributed by atoms with Gasteiger partial charge in [-0.05, 0) is 66.4 Å². The Bertz CT molecular complexity index is 1770. The standard InChI is InChI=1S/C36H36BrCl2N3O4S/c37-28-18-16-27(17-19-28)24-41(34(22-26-10-4-1-5-11-26)36(44)40-30-12-6-2-7-13-30)35(43)25-42(33-23-29(38)20-21-32(33)39)47(45,46)31-14-8-3-9-15-31/h1,3-5,8-11,14-21,23,30,34H,2,6-7,12-13,22,24-25H2,(H,40,44). The highest BCUT2D eigenvalue weighted by atomic mass is 79.9. The molecule has 1 atom stereocenters. The van der Waals surface area contributed by atoms with Gasteiger partial charge >= 0.3 is 0 Å². The fourth-order valence-corrected chi connectivity index (χ4v) is 7.94. The molecule has 0 radical (unpaired) electrons. The van der Waals surface area contributed by atoms with Crippen LogP contribution < -0.4 is 9.62 Å². The molecule has 11 heteroatoms. The van der Waals surface area contributed by atoms with Crippen LogP contribution in [0.4, 0.5) is 5.69 Å². The molecule has 1 unspecified atom stereocenters. The number of amides is 2. The summed E-state index contributed by atoms with van der Waals surface area (Å²) in [6, 6.07) is 28.4. The van der Waals surface area contributed by atoms with Crippen LogP contribution in [-0.2, 0) is 32.6 Å². The van der Waals surface area contributed by atoms with E-state index in [2.05, 4.69) is 21.2 Å². The van der Waals surface area contributed by atoms with Gasteiger partial charge in [0.25, 0.3) is 10.0 Å². The molecular weight excluding hydrogens is 721 g/mol. The number of anilines is 1. The van der Waals surface area contributed by atoms with Crippen molar-refractivity contribution in [2.75, 3.05) is 10.8 Å². The number of sulfonamides is 1. The molecule has 0 bridgehead atoms. The summed E-state index contributed by atoms with van der Waals surface area (Å²) >= 11 is 16.3. The number of benzene rings is 4. The van der Waals surface area contributed by atoms with Gasteiger partial charge in [0.05, 0.1) is 15.6 Å². The number of hydrogen-bond acceptors (Lipinski definition) is 4. The zero-order valence-electron chi connectivity index (χ0n) is 25.7. The average Bonchev–Trinajstić information content (AvgIpc) is 3.08. The van der Waals surface area contributed by atoms with Gasteiger partial charge in [-0.2, -0.15) is 0 Å². The maximum Gasteiger partial charge on any atom is 0.264 e. The van der Waals surface area contributed by atoms with Crippen LogP contribution in [0.5, 0.6) is 0 Å². The van der Waals surface area contributed by atoms with Crippen LogP contribution in [0.3, 0.4) is 0 Å². The Morgan fingerprint density at radius 3 is 2.13 bits per heavy atom. The second-order valence-corrected chi connectivity index (χ2v) is 15.2. The van der Waals surface area contributed by atoms with Crippen LogP contribution in [0, 0.1) is 0 Å². The Hall–Kier alpha value is -3.37. The van der Waals surface area contributed by atoms with Gasteiger partial charge in [-0.25, -0.2) is 8.42 Å². The quantitative estimate of drug-likeness (QED) is 0.159. The minimum absolute atomic E-state index is 0.0133. The molecule has 7 nitrogen and oxygen atoms in total. The van der Waals surface area contributed by atoms with Gasteiger partial charge in [0.15, 0.2) is 0 Å². The highest BCUT2D eigenvalue weighted by Crippen LogP contribution is 2.33. The Kier molecular flexibility index (Phi) is 12.0. The first kappa shape index (κ1) is 35.0. The van der Waals surface area contributed by atoms with Gasteiger partial charge in [0.1, 0.15) is 12.6 Å². The fraction of sp³-hybridized carbons (Fsp3) is 0.278. The molecule has 4 aromatic rings. The number of carbonyl (C=O) groups is 2. The molecule has 0 heterocycles. The van der Waals surface area contributed by atoms with Gasteiger partial charge < -0.3 is 10.2 Å². The Morgan fingerprint density at radius 2 is 1.47 bits per heavy atom. The van der Waals surface area contributed by atoms with E-state index >= 15 is 0 Å². The van der Waals surface area contributed by atoms with E-state index in [9.17, 15) is 18.0 Å². The van der Waals surface area contributed by atoms with Crippen LogP contribution in [0.15, 0.2) is 112 Å². The third kappa shape index (κ3) is 9.16. The largest absolute Gasteiger partial charge is 0.352 e. The predicted octanol–water partition coefficient (Wildman–Crippen LogP) is 8.04. The lowest BCUT2D eigenvalue weighted by atomic mass is 9.94. The maximum atomic E-state index is 14.7. The van der Waals surface area contributed by atoms with Crippen LogP contribution in [0.2, 0.25) is 10.0 Å². The van der Waals surface area contributed by atoms with E-state index in [0.29, 0.717) is 0 Å². The van der Waals surface area contributed by atoms with Crippen molar-refractivity contribution >= 4 is 66.7 Å². The van der Waals surface area contributed by atoms with Crippen LogP contribution in [-0.4, -0.2) is 43.8 Å². The molecule has 2 amide bonds. The third-order valence-corrected chi connectivity index (χ3v) is 11.1. The zero-order valence-corrected chi connectivity index (χ0v) is 29.6.